The van der Waals surface area contributed by atoms with Crippen molar-refractivity contribution in [3.8, 4) is 5.75 Å². The number of hydrogen-bond acceptors (Lipinski definition) is 5. The summed E-state index contributed by atoms with van der Waals surface area (Å²) in [7, 11) is 0. The quantitative estimate of drug-likeness (QED) is 0.908. The summed E-state index contributed by atoms with van der Waals surface area (Å²) in [6, 6.07) is 8.32. The molecule has 1 atom stereocenters. The highest BCUT2D eigenvalue weighted by molar-refractivity contribution is 6.00. The van der Waals surface area contributed by atoms with E-state index in [2.05, 4.69) is 10.1 Å². The number of hydrazone groups is 1. The number of aliphatic hydroxyl groups is 1. The van der Waals surface area contributed by atoms with Crippen molar-refractivity contribution in [2.24, 2.45) is 5.10 Å². The number of amides is 1. The first-order valence-corrected chi connectivity index (χ1v) is 7.79. The fourth-order valence-corrected chi connectivity index (χ4v) is 2.80. The summed E-state index contributed by atoms with van der Waals surface area (Å²) in [5, 5.41) is 26.7. The third-order valence-corrected chi connectivity index (χ3v) is 4.23. The minimum Gasteiger partial charge on any atom is -0.507 e. The van der Waals surface area contributed by atoms with Crippen LogP contribution in [0.3, 0.4) is 0 Å². The van der Waals surface area contributed by atoms with Crippen molar-refractivity contribution in [1.29, 1.82) is 0 Å². The molecule has 1 aromatic heterocycles. The van der Waals surface area contributed by atoms with Crippen molar-refractivity contribution in [1.82, 2.24) is 9.99 Å². The lowest BCUT2D eigenvalue weighted by Gasteiger charge is -2.31. The molecule has 124 valence electrons. The van der Waals surface area contributed by atoms with E-state index in [1.54, 1.807) is 37.4 Å². The van der Waals surface area contributed by atoms with Crippen molar-refractivity contribution >= 4 is 11.6 Å². The molecule has 6 nitrogen and oxygen atoms in total. The van der Waals surface area contributed by atoms with Crippen molar-refractivity contribution in [2.45, 2.75) is 32.4 Å². The Labute approximate surface area is 140 Å². The Balaban J connectivity index is 2.07. The Morgan fingerprint density at radius 2 is 2.12 bits per heavy atom. The van der Waals surface area contributed by atoms with Crippen LogP contribution in [-0.2, 0) is 5.72 Å². The van der Waals surface area contributed by atoms with Gasteiger partial charge in [-0.05, 0) is 31.0 Å². The van der Waals surface area contributed by atoms with Crippen LogP contribution in [0.25, 0.3) is 0 Å². The predicted molar refractivity (Wildman–Crippen MR) is 89.5 cm³/mol. The Kier molecular flexibility index (Phi) is 4.07. The number of phenolic OH excluding ortho intramolecular Hbond substituents is 1. The highest BCUT2D eigenvalue weighted by atomic mass is 16.3. The van der Waals surface area contributed by atoms with Gasteiger partial charge in [0.25, 0.3) is 5.91 Å². The molecule has 1 aliphatic rings. The van der Waals surface area contributed by atoms with Gasteiger partial charge in [0.05, 0.1) is 5.56 Å². The molecule has 0 saturated heterocycles. The molecular formula is C18H19N3O3. The number of rotatable bonds is 3. The van der Waals surface area contributed by atoms with Crippen LogP contribution in [0, 0.1) is 6.92 Å². The lowest BCUT2D eigenvalue weighted by Crippen LogP contribution is -2.43. The summed E-state index contributed by atoms with van der Waals surface area (Å²) in [5.41, 5.74) is 0.287. The maximum atomic E-state index is 12.9. The van der Waals surface area contributed by atoms with Gasteiger partial charge in [0.1, 0.15) is 5.75 Å². The second-order valence-electron chi connectivity index (χ2n) is 5.84. The minimum absolute atomic E-state index is 0.101. The zero-order valence-electron chi connectivity index (χ0n) is 13.6. The molecule has 24 heavy (non-hydrogen) atoms. The number of pyridine rings is 1. The normalized spacial score (nSPS) is 20.1. The molecule has 0 saturated carbocycles. The van der Waals surface area contributed by atoms with Gasteiger partial charge in [-0.1, -0.05) is 25.1 Å². The number of para-hydroxylation sites is 1. The van der Waals surface area contributed by atoms with Crippen LogP contribution in [0.4, 0.5) is 0 Å². The van der Waals surface area contributed by atoms with E-state index >= 15 is 0 Å². The number of benzene rings is 1. The molecule has 3 rings (SSSR count). The molecule has 1 aromatic carbocycles. The van der Waals surface area contributed by atoms with Gasteiger partial charge in [0.15, 0.2) is 5.72 Å². The molecular weight excluding hydrogens is 306 g/mol. The van der Waals surface area contributed by atoms with Crippen LogP contribution < -0.4 is 0 Å². The van der Waals surface area contributed by atoms with E-state index in [0.717, 1.165) is 5.01 Å². The predicted octanol–water partition coefficient (Wildman–Crippen LogP) is 2.55. The second kappa shape index (κ2) is 6.05. The first-order valence-electron chi connectivity index (χ1n) is 7.79. The molecule has 0 unspecified atom stereocenters. The van der Waals surface area contributed by atoms with Crippen LogP contribution >= 0.6 is 0 Å². The fourth-order valence-electron chi connectivity index (χ4n) is 2.80. The van der Waals surface area contributed by atoms with E-state index in [1.807, 2.05) is 6.92 Å². The number of nitrogens with zero attached hydrogens (tertiary/aromatic N) is 3. The molecule has 2 N–H and O–H groups in total. The summed E-state index contributed by atoms with van der Waals surface area (Å²) in [6.07, 6.45) is 3.95. The maximum Gasteiger partial charge on any atom is 0.280 e. The van der Waals surface area contributed by atoms with Crippen molar-refractivity contribution < 1.29 is 15.0 Å². The third-order valence-electron chi connectivity index (χ3n) is 4.23. The van der Waals surface area contributed by atoms with Crippen molar-refractivity contribution in [2.75, 3.05) is 0 Å². The summed E-state index contributed by atoms with van der Waals surface area (Å²) >= 11 is 0. The van der Waals surface area contributed by atoms with Crippen molar-refractivity contribution in [3.05, 3.63) is 59.4 Å². The number of aryl methyl sites for hydroxylation is 1. The Hall–Kier alpha value is -2.73. The summed E-state index contributed by atoms with van der Waals surface area (Å²) in [6.45, 7) is 3.63. The lowest BCUT2D eigenvalue weighted by atomic mass is 9.97. The summed E-state index contributed by atoms with van der Waals surface area (Å²) in [4.78, 5) is 17.0. The largest absolute Gasteiger partial charge is 0.507 e. The van der Waals surface area contributed by atoms with Gasteiger partial charge in [0, 0.05) is 30.1 Å². The molecule has 1 amide bonds. The van der Waals surface area contributed by atoms with E-state index in [0.29, 0.717) is 23.3 Å². The van der Waals surface area contributed by atoms with E-state index in [9.17, 15) is 15.0 Å². The number of phenols is 1. The molecule has 2 heterocycles. The molecule has 1 aliphatic heterocycles. The van der Waals surface area contributed by atoms with Crippen LogP contribution in [0.15, 0.2) is 47.8 Å². The van der Waals surface area contributed by atoms with E-state index in [-0.39, 0.29) is 17.7 Å². The van der Waals surface area contributed by atoms with Crippen LogP contribution in [0.1, 0.15) is 41.3 Å². The van der Waals surface area contributed by atoms with Crippen LogP contribution in [-0.4, -0.2) is 31.8 Å². The number of carbonyl (C=O) groups is 1. The van der Waals surface area contributed by atoms with Gasteiger partial charge in [-0.25, -0.2) is 0 Å². The molecule has 6 heteroatoms. The highest BCUT2D eigenvalue weighted by Gasteiger charge is 2.46. The Morgan fingerprint density at radius 3 is 2.79 bits per heavy atom. The topological polar surface area (TPSA) is 86.0 Å². The Bertz CT molecular complexity index is 804. The molecule has 0 bridgehead atoms. The van der Waals surface area contributed by atoms with Gasteiger partial charge < -0.3 is 10.2 Å². The third kappa shape index (κ3) is 2.55. The summed E-state index contributed by atoms with van der Waals surface area (Å²) in [5.74, 6) is -0.651. The molecule has 2 aromatic rings. The average Bonchev–Trinajstić information content (AvgIpc) is 2.96. The number of carbonyl (C=O) groups excluding carboxylic acids is 1. The van der Waals surface area contributed by atoms with E-state index in [4.69, 9.17) is 0 Å². The lowest BCUT2D eigenvalue weighted by molar-refractivity contribution is -0.0768. The fraction of sp³-hybridized carbons (Fsp3) is 0.278. The molecule has 0 spiro atoms. The molecule has 0 aliphatic carbocycles. The number of aromatic nitrogens is 1. The average molecular weight is 325 g/mol. The molecule has 0 radical (unpaired) electrons. The zero-order chi connectivity index (χ0) is 17.3. The van der Waals surface area contributed by atoms with Crippen LogP contribution in [0.2, 0.25) is 0 Å². The minimum atomic E-state index is -1.60. The number of hydrogen-bond donors (Lipinski definition) is 2. The van der Waals surface area contributed by atoms with E-state index < -0.39 is 11.6 Å². The first kappa shape index (κ1) is 16.1. The zero-order valence-corrected chi connectivity index (χ0v) is 13.6. The smallest absolute Gasteiger partial charge is 0.280 e. The van der Waals surface area contributed by atoms with Gasteiger partial charge in [-0.2, -0.15) is 10.1 Å². The van der Waals surface area contributed by atoms with Crippen LogP contribution in [0.5, 0.6) is 5.75 Å². The SMILES string of the molecule is CCC1=NN(C(=O)c2cccc(C)c2O)[C@](O)(c2cccnc2)C1. The van der Waals surface area contributed by atoms with Gasteiger partial charge in [0.2, 0.25) is 0 Å². The second-order valence-corrected chi connectivity index (χ2v) is 5.84. The van der Waals surface area contributed by atoms with Crippen molar-refractivity contribution in [3.63, 3.8) is 0 Å². The molecule has 0 fully saturated rings. The first-order chi connectivity index (χ1) is 11.5. The summed E-state index contributed by atoms with van der Waals surface area (Å²) < 4.78 is 0. The number of aromatic hydroxyl groups is 1. The van der Waals surface area contributed by atoms with Gasteiger partial charge >= 0.3 is 0 Å². The standard InChI is InChI=1S/C18H19N3O3/c1-3-14-10-18(24,13-7-5-9-19-11-13)21(20-14)17(23)15-8-4-6-12(2)16(15)22/h4-9,11,22,24H,3,10H2,1-2H3/t18-/m1/s1. The highest BCUT2D eigenvalue weighted by Crippen LogP contribution is 2.38. The van der Waals surface area contributed by atoms with Gasteiger partial charge in [-0.15, -0.1) is 0 Å². The van der Waals surface area contributed by atoms with E-state index in [1.165, 1.54) is 12.3 Å². The van der Waals surface area contributed by atoms with Gasteiger partial charge in [-0.3, -0.25) is 9.78 Å². The monoisotopic (exact) mass is 325 g/mol. The maximum absolute atomic E-state index is 12.9. The Morgan fingerprint density at radius 1 is 1.33 bits per heavy atom.